The molecule has 6 nitrogen and oxygen atoms in total. The van der Waals surface area contributed by atoms with Crippen LogP contribution in [0.5, 0.6) is 0 Å². The first kappa shape index (κ1) is 18.8. The van der Waals surface area contributed by atoms with Gasteiger partial charge in [-0.05, 0) is 17.4 Å². The number of carbonyl (C=O) groups excluding carboxylic acids is 1. The van der Waals surface area contributed by atoms with Gasteiger partial charge in [0.1, 0.15) is 0 Å². The molecular formula is C20H28N3O3+. The van der Waals surface area contributed by atoms with E-state index in [1.807, 2.05) is 30.3 Å². The predicted molar refractivity (Wildman–Crippen MR) is 94.7 cm³/mol. The molecule has 1 heterocycles. The number of quaternary nitrogens is 1. The molecule has 1 saturated carbocycles. The number of rotatable bonds is 5. The molecule has 3 N–H and O–H groups in total. The quantitative estimate of drug-likeness (QED) is 0.614. The minimum atomic E-state index is -0.742. The largest absolute Gasteiger partial charge is 0.456 e. The van der Waals surface area contributed by atoms with E-state index < -0.39 is 6.04 Å². The molecular weight excluding hydrogens is 330 g/mol. The van der Waals surface area contributed by atoms with Gasteiger partial charge in [0.15, 0.2) is 18.2 Å². The molecule has 1 aliphatic heterocycles. The summed E-state index contributed by atoms with van der Waals surface area (Å²) in [5.74, 6) is -0.108. The van der Waals surface area contributed by atoms with Crippen LogP contribution in [-0.4, -0.2) is 40.5 Å². The molecule has 5 atom stereocenters. The summed E-state index contributed by atoms with van der Waals surface area (Å²) >= 11 is 0. The van der Waals surface area contributed by atoms with E-state index in [0.29, 0.717) is 6.04 Å². The molecule has 0 unspecified atom stereocenters. The van der Waals surface area contributed by atoms with Crippen molar-refractivity contribution in [3.63, 3.8) is 0 Å². The van der Waals surface area contributed by atoms with Crippen molar-refractivity contribution in [3.05, 3.63) is 35.9 Å². The lowest BCUT2D eigenvalue weighted by molar-refractivity contribution is -0.710. The normalized spacial score (nSPS) is 30.6. The first-order chi connectivity index (χ1) is 12.3. The van der Waals surface area contributed by atoms with Crippen LogP contribution < -0.4 is 5.32 Å². The highest BCUT2D eigenvalue weighted by atomic mass is 16.5. The predicted octanol–water partition coefficient (Wildman–Crippen LogP) is 1.45. The Morgan fingerprint density at radius 2 is 2.12 bits per heavy atom. The van der Waals surface area contributed by atoms with Crippen LogP contribution in [0.3, 0.4) is 0 Å². The first-order valence-corrected chi connectivity index (χ1v) is 9.22. The summed E-state index contributed by atoms with van der Waals surface area (Å²) in [5.41, 5.74) is 1.14. The SMILES string of the molecule is CC(=O)O[C@@H]1[C@H]2CC(C)(C)C[C@H]2[NH2+][C@@H]1[C@H](C#N)N(O)Cc1ccccc1. The summed E-state index contributed by atoms with van der Waals surface area (Å²) < 4.78 is 5.66. The number of nitriles is 1. The lowest BCUT2D eigenvalue weighted by Gasteiger charge is -2.29. The zero-order valence-electron chi connectivity index (χ0n) is 15.6. The zero-order valence-corrected chi connectivity index (χ0v) is 15.6. The summed E-state index contributed by atoms with van der Waals surface area (Å²) in [6.45, 7) is 6.13. The van der Waals surface area contributed by atoms with Crippen molar-refractivity contribution in [1.29, 1.82) is 5.26 Å². The van der Waals surface area contributed by atoms with Crippen LogP contribution in [0.25, 0.3) is 0 Å². The molecule has 1 aliphatic carbocycles. The van der Waals surface area contributed by atoms with Crippen molar-refractivity contribution in [2.24, 2.45) is 11.3 Å². The van der Waals surface area contributed by atoms with Gasteiger partial charge in [0.25, 0.3) is 0 Å². The number of fused-ring (bicyclic) bond motifs is 1. The number of ether oxygens (including phenoxy) is 1. The number of esters is 1. The molecule has 1 aromatic carbocycles. The third kappa shape index (κ3) is 3.90. The van der Waals surface area contributed by atoms with Crippen LogP contribution in [0.1, 0.15) is 39.2 Å². The summed E-state index contributed by atoms with van der Waals surface area (Å²) in [6, 6.07) is 11.1. The number of hydroxylamine groups is 2. The maximum atomic E-state index is 11.7. The maximum absolute atomic E-state index is 11.7. The van der Waals surface area contributed by atoms with E-state index in [9.17, 15) is 15.3 Å². The average Bonchev–Trinajstić information content (AvgIpc) is 3.02. The third-order valence-corrected chi connectivity index (χ3v) is 5.70. The van der Waals surface area contributed by atoms with E-state index in [0.717, 1.165) is 23.5 Å². The van der Waals surface area contributed by atoms with Gasteiger partial charge in [-0.2, -0.15) is 10.3 Å². The molecule has 0 amide bonds. The fourth-order valence-corrected chi connectivity index (χ4v) is 4.78. The minimum Gasteiger partial charge on any atom is -0.456 e. The standard InChI is InChI=1S/C20H27N3O3/c1-13(24)26-19-15-9-20(2,3)10-16(15)22-18(19)17(11-21)23(25)12-14-7-5-4-6-8-14/h4-8,15-19,22,25H,9-10,12H2,1-3H3/p+1/t15-,16+,17-,18+,19+/m0/s1. The smallest absolute Gasteiger partial charge is 0.303 e. The van der Waals surface area contributed by atoms with Gasteiger partial charge in [0.05, 0.1) is 24.6 Å². The van der Waals surface area contributed by atoms with Crippen molar-refractivity contribution in [1.82, 2.24) is 5.06 Å². The highest BCUT2D eigenvalue weighted by Gasteiger charge is 2.58. The van der Waals surface area contributed by atoms with Gasteiger partial charge in [-0.25, -0.2) is 0 Å². The molecule has 2 fully saturated rings. The van der Waals surface area contributed by atoms with Gasteiger partial charge < -0.3 is 15.3 Å². The molecule has 26 heavy (non-hydrogen) atoms. The second kappa shape index (κ2) is 7.36. The minimum absolute atomic E-state index is 0.209. The Morgan fingerprint density at radius 1 is 1.42 bits per heavy atom. The van der Waals surface area contributed by atoms with Gasteiger partial charge in [-0.15, -0.1) is 0 Å². The maximum Gasteiger partial charge on any atom is 0.303 e. The molecule has 0 bridgehead atoms. The lowest BCUT2D eigenvalue weighted by Crippen LogP contribution is -2.95. The topological polar surface area (TPSA) is 90.2 Å². The van der Waals surface area contributed by atoms with Crippen molar-refractivity contribution in [2.75, 3.05) is 0 Å². The number of hydrogen-bond acceptors (Lipinski definition) is 5. The van der Waals surface area contributed by atoms with Gasteiger partial charge in [0, 0.05) is 13.3 Å². The Bertz CT molecular complexity index is 685. The summed E-state index contributed by atoms with van der Waals surface area (Å²) in [7, 11) is 0. The molecule has 1 saturated heterocycles. The highest BCUT2D eigenvalue weighted by Crippen LogP contribution is 2.45. The van der Waals surface area contributed by atoms with Gasteiger partial charge in [-0.1, -0.05) is 44.2 Å². The average molecular weight is 358 g/mol. The van der Waals surface area contributed by atoms with E-state index in [1.54, 1.807) is 0 Å². The van der Waals surface area contributed by atoms with E-state index in [2.05, 4.69) is 25.2 Å². The summed E-state index contributed by atoms with van der Waals surface area (Å²) in [4.78, 5) is 11.7. The second-order valence-electron chi connectivity index (χ2n) is 8.40. The van der Waals surface area contributed by atoms with E-state index in [4.69, 9.17) is 4.74 Å². The van der Waals surface area contributed by atoms with Crippen LogP contribution >= 0.6 is 0 Å². The third-order valence-electron chi connectivity index (χ3n) is 5.70. The van der Waals surface area contributed by atoms with Gasteiger partial charge >= 0.3 is 5.97 Å². The van der Waals surface area contributed by atoms with E-state index >= 15 is 0 Å². The highest BCUT2D eigenvalue weighted by molar-refractivity contribution is 5.66. The molecule has 3 rings (SSSR count). The number of nitrogens with two attached hydrogens (primary N) is 1. The summed E-state index contributed by atoms with van der Waals surface area (Å²) in [5, 5.41) is 23.6. The van der Waals surface area contributed by atoms with Crippen LogP contribution in [0, 0.1) is 22.7 Å². The molecule has 6 heteroatoms. The summed E-state index contributed by atoms with van der Waals surface area (Å²) in [6.07, 6.45) is 1.63. The molecule has 2 aliphatic rings. The zero-order chi connectivity index (χ0) is 18.9. The Hall–Kier alpha value is -1.94. The fourth-order valence-electron chi connectivity index (χ4n) is 4.78. The Labute approximate surface area is 154 Å². The number of carbonyl (C=O) groups is 1. The van der Waals surface area contributed by atoms with Crippen molar-refractivity contribution < 1.29 is 20.1 Å². The molecule has 140 valence electrons. The first-order valence-electron chi connectivity index (χ1n) is 9.22. The van der Waals surface area contributed by atoms with Gasteiger partial charge in [0.2, 0.25) is 0 Å². The van der Waals surface area contributed by atoms with Crippen LogP contribution in [0.4, 0.5) is 0 Å². The molecule has 0 radical (unpaired) electrons. The molecule has 0 aromatic heterocycles. The Kier molecular flexibility index (Phi) is 5.33. The number of nitrogens with zero attached hydrogens (tertiary/aromatic N) is 2. The molecule has 0 spiro atoms. The van der Waals surface area contributed by atoms with Crippen molar-refractivity contribution >= 4 is 5.97 Å². The van der Waals surface area contributed by atoms with Crippen LogP contribution in [0.2, 0.25) is 0 Å². The van der Waals surface area contributed by atoms with Crippen molar-refractivity contribution in [2.45, 2.75) is 64.4 Å². The lowest BCUT2D eigenvalue weighted by atomic mass is 9.87. The van der Waals surface area contributed by atoms with E-state index in [1.165, 1.54) is 6.92 Å². The molecule has 1 aromatic rings. The Balaban J connectivity index is 1.78. The van der Waals surface area contributed by atoms with Crippen LogP contribution in [-0.2, 0) is 16.1 Å². The van der Waals surface area contributed by atoms with E-state index in [-0.39, 0.29) is 36.0 Å². The second-order valence-corrected chi connectivity index (χ2v) is 8.40. The Morgan fingerprint density at radius 3 is 2.73 bits per heavy atom. The van der Waals surface area contributed by atoms with Gasteiger partial charge in [-0.3, -0.25) is 4.79 Å². The fraction of sp³-hybridized carbons (Fsp3) is 0.600. The monoisotopic (exact) mass is 358 g/mol. The van der Waals surface area contributed by atoms with Crippen LogP contribution in [0.15, 0.2) is 30.3 Å². The number of benzene rings is 1. The van der Waals surface area contributed by atoms with Crippen molar-refractivity contribution in [3.8, 4) is 6.07 Å². The number of hydrogen-bond donors (Lipinski definition) is 2.